The molecule has 5 nitrogen and oxygen atoms in total. The van der Waals surface area contributed by atoms with Gasteiger partial charge in [-0.25, -0.2) is 0 Å². The van der Waals surface area contributed by atoms with Crippen LogP contribution in [0.4, 0.5) is 5.69 Å². The van der Waals surface area contributed by atoms with Crippen LogP contribution in [0.2, 0.25) is 0 Å². The van der Waals surface area contributed by atoms with E-state index >= 15 is 0 Å². The number of benzene rings is 1. The lowest BCUT2D eigenvalue weighted by Gasteiger charge is -2.16. The number of hydrogen-bond donors (Lipinski definition) is 3. The first kappa shape index (κ1) is 14.3. The van der Waals surface area contributed by atoms with Crippen molar-refractivity contribution >= 4 is 25.9 Å². The molecule has 1 unspecified atom stereocenters. The lowest BCUT2D eigenvalue weighted by atomic mass is 10.3. The molecule has 0 radical (unpaired) electrons. The van der Waals surface area contributed by atoms with Crippen LogP contribution in [0.5, 0.6) is 0 Å². The molecular weight excluding hydrogens is 260 g/mol. The lowest BCUT2D eigenvalue weighted by Crippen LogP contribution is -2.35. The van der Waals surface area contributed by atoms with E-state index in [1.165, 1.54) is 0 Å². The van der Waals surface area contributed by atoms with Gasteiger partial charge in [0.2, 0.25) is 0 Å². The molecular formula is C10H16N2O3S2. The fraction of sp³-hybridized carbons (Fsp3) is 0.400. The van der Waals surface area contributed by atoms with E-state index in [0.717, 1.165) is 5.69 Å². The van der Waals surface area contributed by atoms with Gasteiger partial charge in [-0.2, -0.15) is 4.21 Å². The van der Waals surface area contributed by atoms with Crippen LogP contribution in [0.1, 0.15) is 6.92 Å². The quantitative estimate of drug-likeness (QED) is 0.513. The van der Waals surface area contributed by atoms with E-state index in [1.54, 1.807) is 0 Å². The van der Waals surface area contributed by atoms with Gasteiger partial charge in [0.1, 0.15) is 0 Å². The van der Waals surface area contributed by atoms with E-state index in [2.05, 4.69) is 26.0 Å². The molecule has 0 aliphatic heterocycles. The number of para-hydroxylation sites is 1. The number of nitrogens with one attached hydrogen (secondary N) is 2. The molecule has 2 atom stereocenters. The van der Waals surface area contributed by atoms with Gasteiger partial charge in [0.25, 0.3) is 9.05 Å². The average molecular weight is 276 g/mol. The molecule has 0 fully saturated rings. The summed E-state index contributed by atoms with van der Waals surface area (Å²) in [6, 6.07) is 9.74. The van der Waals surface area contributed by atoms with Gasteiger partial charge in [-0.05, 0) is 19.1 Å². The zero-order valence-electron chi connectivity index (χ0n) is 9.46. The topological polar surface area (TPSA) is 70.6 Å². The van der Waals surface area contributed by atoms with Gasteiger partial charge in [-0.3, -0.25) is 14.1 Å². The first-order valence-corrected chi connectivity index (χ1v) is 7.51. The standard InChI is InChI=1S/C10H16N2O3S2/c1-9(11-7-8-15-17(13,14)16)12-10-5-3-2-4-6-10/h2-6,9,11-12H,7-8H2,1H3,(H,13,14,16)/t9-/m0/s1. The summed E-state index contributed by atoms with van der Waals surface area (Å²) in [4.78, 5) is 0. The Hall–Kier alpha value is -0.730. The highest BCUT2D eigenvalue weighted by molar-refractivity contribution is 8.27. The van der Waals surface area contributed by atoms with Crippen molar-refractivity contribution in [3.63, 3.8) is 0 Å². The number of hydrogen-bond acceptors (Lipinski definition) is 5. The molecule has 0 saturated carbocycles. The zero-order chi connectivity index (χ0) is 12.7. The lowest BCUT2D eigenvalue weighted by molar-refractivity contribution is 0.298. The largest absolute Gasteiger partial charge is 0.370 e. The van der Waals surface area contributed by atoms with Crippen LogP contribution in [0.15, 0.2) is 30.3 Å². The first-order chi connectivity index (χ1) is 7.97. The fourth-order valence-corrected chi connectivity index (χ4v) is 1.76. The van der Waals surface area contributed by atoms with Crippen molar-refractivity contribution in [2.24, 2.45) is 0 Å². The maximum absolute atomic E-state index is 10.6. The highest BCUT2D eigenvalue weighted by Crippen LogP contribution is 2.05. The molecule has 1 aromatic carbocycles. The first-order valence-electron chi connectivity index (χ1n) is 5.14. The molecule has 0 bridgehead atoms. The third kappa shape index (κ3) is 7.24. The van der Waals surface area contributed by atoms with Gasteiger partial charge in [0.05, 0.1) is 12.8 Å². The van der Waals surface area contributed by atoms with Gasteiger partial charge < -0.3 is 5.32 Å². The van der Waals surface area contributed by atoms with Crippen LogP contribution in [0.3, 0.4) is 0 Å². The van der Waals surface area contributed by atoms with Crippen molar-refractivity contribution in [2.45, 2.75) is 13.1 Å². The van der Waals surface area contributed by atoms with Crippen LogP contribution in [-0.2, 0) is 24.4 Å². The minimum absolute atomic E-state index is 0.0286. The molecule has 0 aliphatic rings. The zero-order valence-corrected chi connectivity index (χ0v) is 11.1. The van der Waals surface area contributed by atoms with Gasteiger partial charge in [-0.15, -0.1) is 0 Å². The van der Waals surface area contributed by atoms with Gasteiger partial charge in [-0.1, -0.05) is 18.2 Å². The Morgan fingerprint density at radius 3 is 2.71 bits per heavy atom. The van der Waals surface area contributed by atoms with E-state index in [0.29, 0.717) is 6.54 Å². The second-order valence-corrected chi connectivity index (χ2v) is 5.79. The van der Waals surface area contributed by atoms with E-state index in [-0.39, 0.29) is 12.8 Å². The summed E-state index contributed by atoms with van der Waals surface area (Å²) in [6.45, 7) is 2.48. The Morgan fingerprint density at radius 1 is 1.47 bits per heavy atom. The monoisotopic (exact) mass is 276 g/mol. The molecule has 96 valence electrons. The fourth-order valence-electron chi connectivity index (χ4n) is 1.26. The highest BCUT2D eigenvalue weighted by atomic mass is 32.9. The number of rotatable bonds is 7. The van der Waals surface area contributed by atoms with Crippen molar-refractivity contribution in [3.05, 3.63) is 30.3 Å². The minimum atomic E-state index is -3.51. The van der Waals surface area contributed by atoms with Gasteiger partial charge in [0, 0.05) is 23.4 Å². The van der Waals surface area contributed by atoms with E-state index in [1.807, 2.05) is 37.3 Å². The van der Waals surface area contributed by atoms with Crippen molar-refractivity contribution in [3.8, 4) is 0 Å². The predicted octanol–water partition coefficient (Wildman–Crippen LogP) is 1.18. The molecule has 1 aromatic rings. The van der Waals surface area contributed by atoms with Crippen molar-refractivity contribution in [1.82, 2.24) is 5.32 Å². The Bertz CT molecular complexity index is 422. The van der Waals surface area contributed by atoms with E-state index in [9.17, 15) is 4.21 Å². The maximum Gasteiger partial charge on any atom is 0.266 e. The second kappa shape index (κ2) is 6.87. The van der Waals surface area contributed by atoms with Crippen molar-refractivity contribution in [2.75, 3.05) is 18.5 Å². The van der Waals surface area contributed by atoms with Crippen LogP contribution in [0.25, 0.3) is 0 Å². The SMILES string of the molecule is C[C@@H](NCCOS(=O)(O)=S)Nc1ccccc1. The third-order valence-corrected chi connectivity index (χ3v) is 2.70. The summed E-state index contributed by atoms with van der Waals surface area (Å²) in [6.07, 6.45) is 0.0286. The van der Waals surface area contributed by atoms with Gasteiger partial charge in [0.15, 0.2) is 0 Å². The summed E-state index contributed by atoms with van der Waals surface area (Å²) in [5.41, 5.74) is 1.00. The predicted molar refractivity (Wildman–Crippen MR) is 71.6 cm³/mol. The molecule has 7 heteroatoms. The summed E-state index contributed by atoms with van der Waals surface area (Å²) < 4.78 is 23.9. The molecule has 0 amide bonds. The minimum Gasteiger partial charge on any atom is -0.370 e. The Morgan fingerprint density at radius 2 is 2.12 bits per heavy atom. The summed E-state index contributed by atoms with van der Waals surface area (Å²) in [5, 5.41) is 6.30. The smallest absolute Gasteiger partial charge is 0.266 e. The normalized spacial score (nSPS) is 16.1. The Labute approximate surface area is 106 Å². The molecule has 1 rings (SSSR count). The molecule has 3 N–H and O–H groups in total. The average Bonchev–Trinajstić information content (AvgIpc) is 2.25. The Kier molecular flexibility index (Phi) is 5.79. The van der Waals surface area contributed by atoms with Gasteiger partial charge >= 0.3 is 0 Å². The van der Waals surface area contributed by atoms with Crippen LogP contribution in [-0.4, -0.2) is 28.1 Å². The third-order valence-electron chi connectivity index (χ3n) is 1.94. The highest BCUT2D eigenvalue weighted by Gasteiger charge is 2.02. The molecule has 17 heavy (non-hydrogen) atoms. The summed E-state index contributed by atoms with van der Waals surface area (Å²) in [7, 11) is -3.51. The van der Waals surface area contributed by atoms with Crippen molar-refractivity contribution < 1.29 is 12.9 Å². The molecule has 0 heterocycles. The molecule has 0 saturated heterocycles. The number of anilines is 1. The summed E-state index contributed by atoms with van der Waals surface area (Å²) >= 11 is 4.19. The van der Waals surface area contributed by atoms with Crippen molar-refractivity contribution in [1.29, 1.82) is 0 Å². The Balaban J connectivity index is 2.20. The van der Waals surface area contributed by atoms with Crippen LogP contribution >= 0.6 is 0 Å². The van der Waals surface area contributed by atoms with Crippen LogP contribution < -0.4 is 10.6 Å². The van der Waals surface area contributed by atoms with E-state index in [4.69, 9.17) is 4.55 Å². The molecule has 0 aliphatic carbocycles. The van der Waals surface area contributed by atoms with E-state index < -0.39 is 9.05 Å². The van der Waals surface area contributed by atoms with Crippen LogP contribution in [0, 0.1) is 0 Å². The molecule has 0 aromatic heterocycles. The maximum atomic E-state index is 10.6. The summed E-state index contributed by atoms with van der Waals surface area (Å²) in [5.74, 6) is 0. The second-order valence-electron chi connectivity index (χ2n) is 3.44. The molecule has 0 spiro atoms.